The predicted molar refractivity (Wildman–Crippen MR) is 107 cm³/mol. The van der Waals surface area contributed by atoms with Gasteiger partial charge >= 0.3 is 0 Å². The molecule has 1 saturated heterocycles. The molecule has 0 aliphatic carbocycles. The fourth-order valence-corrected chi connectivity index (χ4v) is 4.00. The van der Waals surface area contributed by atoms with Crippen molar-refractivity contribution in [2.75, 3.05) is 19.6 Å². The van der Waals surface area contributed by atoms with Crippen LogP contribution in [0.4, 0.5) is 0 Å². The fraction of sp³-hybridized carbons (Fsp3) is 0.550. The number of aromatic nitrogens is 2. The Morgan fingerprint density at radius 1 is 1.26 bits per heavy atom. The van der Waals surface area contributed by atoms with E-state index in [0.717, 1.165) is 19.5 Å². The molecule has 6 nitrogen and oxygen atoms in total. The van der Waals surface area contributed by atoms with Gasteiger partial charge in [-0.2, -0.15) is 0 Å². The number of likely N-dealkylation sites (tertiary alicyclic amines) is 1. The first-order valence-corrected chi connectivity index (χ1v) is 10.6. The molecular formula is C20H28N4O2S. The van der Waals surface area contributed by atoms with Crippen molar-refractivity contribution in [1.29, 1.82) is 0 Å². The summed E-state index contributed by atoms with van der Waals surface area (Å²) < 4.78 is 5.70. The second-order valence-corrected chi connectivity index (χ2v) is 8.26. The lowest BCUT2D eigenvalue weighted by Crippen LogP contribution is -2.34. The number of thioether (sulfide) groups is 1. The maximum absolute atomic E-state index is 12.5. The van der Waals surface area contributed by atoms with Crippen LogP contribution in [-0.2, 0) is 11.3 Å². The summed E-state index contributed by atoms with van der Waals surface area (Å²) in [5.41, 5.74) is 1.25. The molecule has 0 spiro atoms. The number of rotatable bonds is 9. The molecule has 1 fully saturated rings. The Kier molecular flexibility index (Phi) is 7.29. The van der Waals surface area contributed by atoms with Crippen LogP contribution in [0.25, 0.3) is 0 Å². The SMILES string of the molecule is CC[C@@H](CNC(=O)[C@H](C)Sc1nnc(CN2CCCC2)o1)c1ccccc1. The monoisotopic (exact) mass is 388 g/mol. The molecule has 2 heterocycles. The summed E-state index contributed by atoms with van der Waals surface area (Å²) in [6, 6.07) is 10.3. The molecule has 1 aliphatic rings. The Balaban J connectivity index is 1.46. The van der Waals surface area contributed by atoms with Crippen molar-refractivity contribution in [3.8, 4) is 0 Å². The van der Waals surface area contributed by atoms with Crippen LogP contribution in [0.15, 0.2) is 40.0 Å². The molecule has 0 saturated carbocycles. The molecular weight excluding hydrogens is 360 g/mol. The van der Waals surface area contributed by atoms with Gasteiger partial charge in [0.05, 0.1) is 11.8 Å². The van der Waals surface area contributed by atoms with Gasteiger partial charge < -0.3 is 9.73 Å². The smallest absolute Gasteiger partial charge is 0.277 e. The molecule has 1 aliphatic heterocycles. The second-order valence-electron chi connectivity index (χ2n) is 6.97. The second kappa shape index (κ2) is 9.90. The van der Waals surface area contributed by atoms with Gasteiger partial charge in [-0.1, -0.05) is 49.0 Å². The number of amides is 1. The normalized spacial score (nSPS) is 17.0. The summed E-state index contributed by atoms with van der Waals surface area (Å²) in [5.74, 6) is 0.943. The van der Waals surface area contributed by atoms with E-state index in [4.69, 9.17) is 4.42 Å². The van der Waals surface area contributed by atoms with E-state index in [0.29, 0.717) is 30.1 Å². The van der Waals surface area contributed by atoms with Crippen molar-refractivity contribution < 1.29 is 9.21 Å². The summed E-state index contributed by atoms with van der Waals surface area (Å²) in [6.07, 6.45) is 3.44. The summed E-state index contributed by atoms with van der Waals surface area (Å²) in [4.78, 5) is 14.8. The highest BCUT2D eigenvalue weighted by Gasteiger charge is 2.21. The van der Waals surface area contributed by atoms with Gasteiger partial charge in [0.2, 0.25) is 11.8 Å². The third-order valence-electron chi connectivity index (χ3n) is 4.94. The zero-order valence-electron chi connectivity index (χ0n) is 16.1. The van der Waals surface area contributed by atoms with Gasteiger partial charge in [-0.05, 0) is 44.8 Å². The molecule has 7 heteroatoms. The van der Waals surface area contributed by atoms with Crippen molar-refractivity contribution in [1.82, 2.24) is 20.4 Å². The van der Waals surface area contributed by atoms with Crippen molar-refractivity contribution in [2.24, 2.45) is 0 Å². The van der Waals surface area contributed by atoms with E-state index in [-0.39, 0.29) is 11.2 Å². The van der Waals surface area contributed by atoms with Crippen LogP contribution < -0.4 is 5.32 Å². The first-order chi connectivity index (χ1) is 13.2. The lowest BCUT2D eigenvalue weighted by Gasteiger charge is -2.17. The fourth-order valence-electron chi connectivity index (χ4n) is 3.28. The molecule has 27 heavy (non-hydrogen) atoms. The van der Waals surface area contributed by atoms with Gasteiger partial charge in [0.15, 0.2) is 0 Å². The molecule has 0 radical (unpaired) electrons. The summed E-state index contributed by atoms with van der Waals surface area (Å²) in [5, 5.41) is 11.4. The average molecular weight is 389 g/mol. The molecule has 0 unspecified atom stereocenters. The summed E-state index contributed by atoms with van der Waals surface area (Å²) in [7, 11) is 0. The maximum Gasteiger partial charge on any atom is 0.277 e. The minimum absolute atomic E-state index is 0.00586. The predicted octanol–water partition coefficient (Wildman–Crippen LogP) is 3.46. The molecule has 0 bridgehead atoms. The van der Waals surface area contributed by atoms with Crippen LogP contribution in [-0.4, -0.2) is 45.9 Å². The Bertz CT molecular complexity index is 716. The van der Waals surface area contributed by atoms with E-state index in [9.17, 15) is 4.79 Å². The number of benzene rings is 1. The molecule has 1 aromatic carbocycles. The summed E-state index contributed by atoms with van der Waals surface area (Å²) >= 11 is 1.31. The molecule has 2 atom stereocenters. The minimum atomic E-state index is -0.279. The third-order valence-corrected chi connectivity index (χ3v) is 5.87. The van der Waals surface area contributed by atoms with E-state index in [1.54, 1.807) is 0 Å². The molecule has 1 amide bonds. The zero-order valence-corrected chi connectivity index (χ0v) is 16.9. The lowest BCUT2D eigenvalue weighted by atomic mass is 9.96. The standard InChI is InChI=1S/C20H28N4O2S/c1-3-16(17-9-5-4-6-10-17)13-21-19(25)15(2)27-20-23-22-18(26-20)14-24-11-7-8-12-24/h4-6,9-10,15-16H,3,7-8,11-14H2,1-2H3,(H,21,25)/t15-,16-/m0/s1. The van der Waals surface area contributed by atoms with E-state index in [2.05, 4.69) is 39.5 Å². The van der Waals surface area contributed by atoms with Crippen molar-refractivity contribution in [3.05, 3.63) is 41.8 Å². The highest BCUT2D eigenvalue weighted by atomic mass is 32.2. The molecule has 2 aromatic rings. The molecule has 1 N–H and O–H groups in total. The van der Waals surface area contributed by atoms with E-state index < -0.39 is 0 Å². The van der Waals surface area contributed by atoms with Crippen LogP contribution in [0, 0.1) is 0 Å². The lowest BCUT2D eigenvalue weighted by molar-refractivity contribution is -0.120. The Labute approximate surface area is 165 Å². The largest absolute Gasteiger partial charge is 0.415 e. The number of nitrogens with zero attached hydrogens (tertiary/aromatic N) is 3. The van der Waals surface area contributed by atoms with Gasteiger partial charge in [-0.25, -0.2) is 0 Å². The van der Waals surface area contributed by atoms with Crippen LogP contribution >= 0.6 is 11.8 Å². The van der Waals surface area contributed by atoms with E-state index >= 15 is 0 Å². The number of nitrogens with one attached hydrogen (secondary N) is 1. The van der Waals surface area contributed by atoms with Gasteiger partial charge in [-0.15, -0.1) is 10.2 Å². The van der Waals surface area contributed by atoms with Gasteiger partial charge in [-0.3, -0.25) is 9.69 Å². The van der Waals surface area contributed by atoms with Crippen LogP contribution in [0.3, 0.4) is 0 Å². The number of carbonyl (C=O) groups is 1. The topological polar surface area (TPSA) is 71.3 Å². The average Bonchev–Trinajstić information content (AvgIpc) is 3.35. The van der Waals surface area contributed by atoms with Crippen molar-refractivity contribution >= 4 is 17.7 Å². The number of hydrogen-bond acceptors (Lipinski definition) is 6. The highest BCUT2D eigenvalue weighted by molar-refractivity contribution is 8.00. The molecule has 3 rings (SSSR count). The summed E-state index contributed by atoms with van der Waals surface area (Å²) in [6.45, 7) is 7.52. The minimum Gasteiger partial charge on any atom is -0.415 e. The molecule has 146 valence electrons. The van der Waals surface area contributed by atoms with Gasteiger partial charge in [0, 0.05) is 12.5 Å². The maximum atomic E-state index is 12.5. The number of hydrogen-bond donors (Lipinski definition) is 1. The third kappa shape index (κ3) is 5.81. The Hall–Kier alpha value is -1.86. The van der Waals surface area contributed by atoms with Crippen LogP contribution in [0.1, 0.15) is 50.5 Å². The van der Waals surface area contributed by atoms with Crippen molar-refractivity contribution in [2.45, 2.75) is 56.0 Å². The first kappa shape index (κ1) is 19.9. The number of carbonyl (C=O) groups excluding carboxylic acids is 1. The van der Waals surface area contributed by atoms with E-state index in [1.165, 1.54) is 30.2 Å². The zero-order chi connectivity index (χ0) is 19.1. The van der Waals surface area contributed by atoms with Gasteiger partial charge in [0.1, 0.15) is 0 Å². The highest BCUT2D eigenvalue weighted by Crippen LogP contribution is 2.23. The van der Waals surface area contributed by atoms with Crippen molar-refractivity contribution in [3.63, 3.8) is 0 Å². The van der Waals surface area contributed by atoms with E-state index in [1.807, 2.05) is 25.1 Å². The quantitative estimate of drug-likeness (QED) is 0.664. The van der Waals surface area contributed by atoms with Crippen LogP contribution in [0.5, 0.6) is 0 Å². The van der Waals surface area contributed by atoms with Crippen LogP contribution in [0.2, 0.25) is 0 Å². The molecule has 1 aromatic heterocycles. The first-order valence-electron chi connectivity index (χ1n) is 9.69. The Morgan fingerprint density at radius 2 is 2.00 bits per heavy atom. The Morgan fingerprint density at radius 3 is 2.70 bits per heavy atom. The van der Waals surface area contributed by atoms with Gasteiger partial charge in [0.25, 0.3) is 5.22 Å².